The number of rotatable bonds is 9. The molecule has 1 unspecified atom stereocenters. The first-order valence-electron chi connectivity index (χ1n) is 9.64. The van der Waals surface area contributed by atoms with Gasteiger partial charge in [0.15, 0.2) is 11.7 Å². The molecule has 0 spiro atoms. The molecule has 3 aromatic rings. The summed E-state index contributed by atoms with van der Waals surface area (Å²) in [5, 5.41) is 3.02. The maximum absolute atomic E-state index is 12.3. The lowest BCUT2D eigenvalue weighted by Crippen LogP contribution is -2.34. The number of aromatic nitrogens is 1. The molecule has 29 heavy (non-hydrogen) atoms. The van der Waals surface area contributed by atoms with Gasteiger partial charge < -0.3 is 19.4 Å². The van der Waals surface area contributed by atoms with Crippen molar-refractivity contribution in [3.63, 3.8) is 0 Å². The van der Waals surface area contributed by atoms with Crippen molar-refractivity contribution in [2.45, 2.75) is 18.9 Å². The summed E-state index contributed by atoms with van der Waals surface area (Å²) >= 11 is 0. The molecular formula is C23H27N3O3. The summed E-state index contributed by atoms with van der Waals surface area (Å²) in [7, 11) is 5.65. The van der Waals surface area contributed by atoms with E-state index in [9.17, 15) is 4.79 Å². The van der Waals surface area contributed by atoms with Crippen molar-refractivity contribution >= 4 is 5.91 Å². The van der Waals surface area contributed by atoms with Gasteiger partial charge in [0.05, 0.1) is 19.3 Å². The van der Waals surface area contributed by atoms with Crippen molar-refractivity contribution in [2.75, 3.05) is 27.7 Å². The molecule has 0 fully saturated rings. The molecule has 0 aliphatic carbocycles. The number of benzene rings is 2. The van der Waals surface area contributed by atoms with Gasteiger partial charge in [-0.1, -0.05) is 42.5 Å². The van der Waals surface area contributed by atoms with Gasteiger partial charge in [0.2, 0.25) is 5.91 Å². The molecule has 0 aliphatic heterocycles. The first kappa shape index (κ1) is 20.6. The second-order valence-electron chi connectivity index (χ2n) is 7.04. The zero-order chi connectivity index (χ0) is 20.6. The summed E-state index contributed by atoms with van der Waals surface area (Å²) in [4.78, 5) is 18.7. The van der Waals surface area contributed by atoms with Gasteiger partial charge in [0, 0.05) is 24.9 Å². The molecule has 1 amide bonds. The van der Waals surface area contributed by atoms with Crippen LogP contribution in [0.2, 0.25) is 0 Å². The van der Waals surface area contributed by atoms with E-state index in [2.05, 4.69) is 15.2 Å². The van der Waals surface area contributed by atoms with Crippen molar-refractivity contribution in [1.82, 2.24) is 15.2 Å². The zero-order valence-corrected chi connectivity index (χ0v) is 17.1. The van der Waals surface area contributed by atoms with Crippen molar-refractivity contribution in [1.29, 1.82) is 0 Å². The second kappa shape index (κ2) is 9.89. The van der Waals surface area contributed by atoms with E-state index in [1.807, 2.05) is 68.7 Å². The van der Waals surface area contributed by atoms with E-state index < -0.39 is 0 Å². The Hall–Kier alpha value is -3.12. The molecule has 0 aliphatic rings. The van der Waals surface area contributed by atoms with Gasteiger partial charge in [-0.3, -0.25) is 4.79 Å². The predicted octanol–water partition coefficient (Wildman–Crippen LogP) is 3.70. The molecule has 0 saturated heterocycles. The van der Waals surface area contributed by atoms with E-state index in [1.54, 1.807) is 13.3 Å². The molecule has 1 aromatic heterocycles. The summed E-state index contributed by atoms with van der Waals surface area (Å²) < 4.78 is 11.0. The van der Waals surface area contributed by atoms with Crippen LogP contribution in [-0.4, -0.2) is 43.5 Å². The Bertz CT molecular complexity index is 905. The fraction of sp³-hybridized carbons (Fsp3) is 0.304. The molecule has 2 aromatic carbocycles. The average Bonchev–Trinajstić information content (AvgIpc) is 3.22. The number of ether oxygens (including phenoxy) is 1. The minimum absolute atomic E-state index is 0.0233. The van der Waals surface area contributed by atoms with Gasteiger partial charge >= 0.3 is 0 Å². The van der Waals surface area contributed by atoms with Gasteiger partial charge in [-0.05, 0) is 31.8 Å². The highest BCUT2D eigenvalue weighted by Gasteiger charge is 2.16. The van der Waals surface area contributed by atoms with Crippen LogP contribution in [-0.2, 0) is 11.2 Å². The van der Waals surface area contributed by atoms with Crippen LogP contribution in [0.1, 0.15) is 23.9 Å². The highest BCUT2D eigenvalue weighted by atomic mass is 16.5. The maximum Gasteiger partial charge on any atom is 0.220 e. The summed E-state index contributed by atoms with van der Waals surface area (Å²) in [5.41, 5.74) is 2.10. The maximum atomic E-state index is 12.3. The van der Waals surface area contributed by atoms with E-state index in [-0.39, 0.29) is 11.9 Å². The van der Waals surface area contributed by atoms with Gasteiger partial charge in [0.1, 0.15) is 5.75 Å². The Labute approximate surface area is 171 Å². The number of carbonyl (C=O) groups excluding carboxylic acids is 1. The molecular weight excluding hydrogens is 366 g/mol. The second-order valence-corrected chi connectivity index (χ2v) is 7.04. The van der Waals surface area contributed by atoms with Crippen LogP contribution in [0.15, 0.2) is 65.2 Å². The van der Waals surface area contributed by atoms with Crippen molar-refractivity contribution < 1.29 is 13.9 Å². The highest BCUT2D eigenvalue weighted by molar-refractivity contribution is 5.76. The molecule has 0 saturated carbocycles. The van der Waals surface area contributed by atoms with Crippen LogP contribution >= 0.6 is 0 Å². The summed E-state index contributed by atoms with van der Waals surface area (Å²) in [6.45, 7) is 0.527. The number of nitrogens with zero attached hydrogens (tertiary/aromatic N) is 2. The van der Waals surface area contributed by atoms with Crippen LogP contribution in [0.3, 0.4) is 0 Å². The van der Waals surface area contributed by atoms with E-state index >= 15 is 0 Å². The Morgan fingerprint density at radius 3 is 2.52 bits per heavy atom. The molecule has 3 rings (SSSR count). The fourth-order valence-corrected chi connectivity index (χ4v) is 3.11. The van der Waals surface area contributed by atoms with Gasteiger partial charge in [-0.15, -0.1) is 0 Å². The summed E-state index contributed by atoms with van der Waals surface area (Å²) in [6, 6.07) is 17.8. The predicted molar refractivity (Wildman–Crippen MR) is 113 cm³/mol. The monoisotopic (exact) mass is 393 g/mol. The lowest BCUT2D eigenvalue weighted by Gasteiger charge is -2.25. The van der Waals surface area contributed by atoms with E-state index in [1.165, 1.54) is 0 Å². The normalized spacial score (nSPS) is 12.0. The molecule has 6 heteroatoms. The van der Waals surface area contributed by atoms with Gasteiger partial charge in [-0.2, -0.15) is 0 Å². The number of amides is 1. The minimum Gasteiger partial charge on any atom is -0.497 e. The number of oxazole rings is 1. The van der Waals surface area contributed by atoms with Crippen molar-refractivity contribution in [2.24, 2.45) is 0 Å². The summed E-state index contributed by atoms with van der Waals surface area (Å²) in [6.07, 6.45) is 2.50. The number of hydrogen-bond donors (Lipinski definition) is 1. The van der Waals surface area contributed by atoms with Gasteiger partial charge in [-0.25, -0.2) is 4.98 Å². The van der Waals surface area contributed by atoms with Crippen molar-refractivity contribution in [3.05, 3.63) is 72.2 Å². The van der Waals surface area contributed by atoms with Crippen LogP contribution in [0.4, 0.5) is 0 Å². The van der Waals surface area contributed by atoms with Crippen LogP contribution < -0.4 is 10.1 Å². The molecule has 0 bridgehead atoms. The number of carbonyl (C=O) groups is 1. The van der Waals surface area contributed by atoms with Crippen LogP contribution in [0, 0.1) is 0 Å². The molecule has 0 radical (unpaired) electrons. The Morgan fingerprint density at radius 1 is 1.14 bits per heavy atom. The number of methoxy groups -OCH3 is 1. The topological polar surface area (TPSA) is 67.6 Å². The smallest absolute Gasteiger partial charge is 0.220 e. The highest BCUT2D eigenvalue weighted by Crippen LogP contribution is 2.22. The zero-order valence-electron chi connectivity index (χ0n) is 17.1. The van der Waals surface area contributed by atoms with Gasteiger partial charge in [0.25, 0.3) is 0 Å². The Morgan fingerprint density at radius 2 is 1.86 bits per heavy atom. The quantitative estimate of drug-likeness (QED) is 0.600. The first-order chi connectivity index (χ1) is 14.1. The van der Waals surface area contributed by atoms with E-state index in [0.29, 0.717) is 31.0 Å². The Kier molecular flexibility index (Phi) is 7.03. The van der Waals surface area contributed by atoms with Crippen molar-refractivity contribution in [3.8, 4) is 17.1 Å². The van der Waals surface area contributed by atoms with E-state index in [0.717, 1.165) is 16.9 Å². The number of nitrogens with one attached hydrogen (secondary N) is 1. The number of aryl methyl sites for hydroxylation is 1. The van der Waals surface area contributed by atoms with Crippen LogP contribution in [0.5, 0.6) is 5.75 Å². The largest absolute Gasteiger partial charge is 0.497 e. The Balaban J connectivity index is 1.51. The molecule has 1 heterocycles. The standard InChI is InChI=1S/C23H27N3O3/c1-26(2)20(17-9-11-19(28-3)12-10-17)15-24-22(27)13-14-23-25-16-21(29-23)18-7-5-4-6-8-18/h4-12,16,20H,13-15H2,1-3H3,(H,24,27). The average molecular weight is 393 g/mol. The molecule has 1 N–H and O–H groups in total. The molecule has 6 nitrogen and oxygen atoms in total. The third kappa shape index (κ3) is 5.68. The minimum atomic E-state index is -0.0233. The molecule has 152 valence electrons. The summed E-state index contributed by atoms with van der Waals surface area (Å²) in [5.74, 6) is 2.08. The molecule has 1 atom stereocenters. The van der Waals surface area contributed by atoms with E-state index in [4.69, 9.17) is 9.15 Å². The lowest BCUT2D eigenvalue weighted by molar-refractivity contribution is -0.121. The third-order valence-electron chi connectivity index (χ3n) is 4.79. The van der Waals surface area contributed by atoms with Crippen LogP contribution in [0.25, 0.3) is 11.3 Å². The number of hydrogen-bond acceptors (Lipinski definition) is 5. The number of likely N-dealkylation sites (N-methyl/N-ethyl adjacent to an activating group) is 1. The first-order valence-corrected chi connectivity index (χ1v) is 9.64. The SMILES string of the molecule is COc1ccc(C(CNC(=O)CCc2ncc(-c3ccccc3)o2)N(C)C)cc1. The fourth-order valence-electron chi connectivity index (χ4n) is 3.11. The third-order valence-corrected chi connectivity index (χ3v) is 4.79. The lowest BCUT2D eigenvalue weighted by atomic mass is 10.1.